The van der Waals surface area contributed by atoms with Crippen molar-refractivity contribution in [1.29, 1.82) is 0 Å². The molecule has 1 saturated heterocycles. The lowest BCUT2D eigenvalue weighted by Crippen LogP contribution is -2.39. The zero-order chi connectivity index (χ0) is 15.3. The number of hydrogen-bond donors (Lipinski definition) is 2. The van der Waals surface area contributed by atoms with Crippen molar-refractivity contribution in [2.24, 2.45) is 10.7 Å². The highest BCUT2D eigenvalue weighted by molar-refractivity contribution is 6.31. The quantitative estimate of drug-likeness (QED) is 0.666. The summed E-state index contributed by atoms with van der Waals surface area (Å²) in [6.07, 6.45) is 4.80. The molecule has 1 heterocycles. The van der Waals surface area contributed by atoms with Crippen LogP contribution in [0.2, 0.25) is 5.02 Å². The fourth-order valence-corrected chi connectivity index (χ4v) is 2.96. The van der Waals surface area contributed by atoms with Crippen LogP contribution in [0.4, 0.5) is 0 Å². The summed E-state index contributed by atoms with van der Waals surface area (Å²) in [7, 11) is 0. The Balaban J connectivity index is 2.05. The topological polar surface area (TPSA) is 61.9 Å². The Morgan fingerprint density at radius 2 is 1.90 bits per heavy atom. The molecule has 1 aliphatic heterocycles. The summed E-state index contributed by atoms with van der Waals surface area (Å²) in [6.45, 7) is 3.82. The molecule has 0 aliphatic carbocycles. The fraction of sp³-hybridized carbons (Fsp3) is 0.562. The fourth-order valence-electron chi connectivity index (χ4n) is 2.62. The van der Waals surface area contributed by atoms with Crippen LogP contribution in [0, 0.1) is 0 Å². The standard InChI is InChI=1S/C16H24ClN3O/c1-16(21,13-8-4-5-9-14(13)17)12-19-15(18)20-10-6-2-3-7-11-20/h4-5,8-9,21H,2-3,6-7,10-12H2,1H3,(H2,18,19). The van der Waals surface area contributed by atoms with Crippen molar-refractivity contribution in [2.45, 2.75) is 38.2 Å². The van der Waals surface area contributed by atoms with Gasteiger partial charge in [0, 0.05) is 23.7 Å². The second kappa shape index (κ2) is 7.14. The highest BCUT2D eigenvalue weighted by atomic mass is 35.5. The Labute approximate surface area is 131 Å². The Morgan fingerprint density at radius 3 is 2.52 bits per heavy atom. The number of nitrogens with zero attached hydrogens (tertiary/aromatic N) is 2. The van der Waals surface area contributed by atoms with Crippen molar-refractivity contribution in [3.63, 3.8) is 0 Å². The van der Waals surface area contributed by atoms with E-state index in [1.807, 2.05) is 18.2 Å². The first-order valence-electron chi connectivity index (χ1n) is 7.53. The van der Waals surface area contributed by atoms with Crippen LogP contribution in [0.15, 0.2) is 29.3 Å². The average Bonchev–Trinajstić information content (AvgIpc) is 2.74. The van der Waals surface area contributed by atoms with E-state index in [9.17, 15) is 5.11 Å². The second-order valence-corrected chi connectivity index (χ2v) is 6.24. The van der Waals surface area contributed by atoms with Crippen LogP contribution in [0.1, 0.15) is 38.2 Å². The monoisotopic (exact) mass is 309 g/mol. The van der Waals surface area contributed by atoms with Gasteiger partial charge in [-0.2, -0.15) is 0 Å². The number of hydrogen-bond acceptors (Lipinski definition) is 2. The van der Waals surface area contributed by atoms with Gasteiger partial charge in [0.15, 0.2) is 5.96 Å². The van der Waals surface area contributed by atoms with Gasteiger partial charge in [-0.1, -0.05) is 42.6 Å². The smallest absolute Gasteiger partial charge is 0.191 e. The van der Waals surface area contributed by atoms with Crippen LogP contribution >= 0.6 is 11.6 Å². The van der Waals surface area contributed by atoms with Crippen LogP contribution in [0.5, 0.6) is 0 Å². The van der Waals surface area contributed by atoms with E-state index in [2.05, 4.69) is 9.89 Å². The summed E-state index contributed by atoms with van der Waals surface area (Å²) >= 11 is 6.14. The summed E-state index contributed by atoms with van der Waals surface area (Å²) in [5.74, 6) is 0.518. The lowest BCUT2D eigenvalue weighted by Gasteiger charge is -2.25. The first kappa shape index (κ1) is 16.1. The number of likely N-dealkylation sites (tertiary alicyclic amines) is 1. The third-order valence-electron chi connectivity index (χ3n) is 3.93. The van der Waals surface area contributed by atoms with Crippen molar-refractivity contribution in [2.75, 3.05) is 19.6 Å². The maximum Gasteiger partial charge on any atom is 0.191 e. The normalized spacial score (nSPS) is 20.0. The number of halogens is 1. The van der Waals surface area contributed by atoms with Crippen molar-refractivity contribution in [3.8, 4) is 0 Å². The molecule has 3 N–H and O–H groups in total. The lowest BCUT2D eigenvalue weighted by atomic mass is 9.96. The van der Waals surface area contributed by atoms with Crippen molar-refractivity contribution >= 4 is 17.6 Å². The molecule has 0 amide bonds. The van der Waals surface area contributed by atoms with Gasteiger partial charge in [-0.3, -0.25) is 0 Å². The third-order valence-corrected chi connectivity index (χ3v) is 4.26. The Kier molecular flexibility index (Phi) is 5.48. The van der Waals surface area contributed by atoms with Crippen molar-refractivity contribution in [3.05, 3.63) is 34.9 Å². The number of aliphatic hydroxyl groups is 1. The van der Waals surface area contributed by atoms with E-state index in [-0.39, 0.29) is 6.54 Å². The van der Waals surface area contributed by atoms with Gasteiger partial charge < -0.3 is 15.7 Å². The minimum absolute atomic E-state index is 0.207. The largest absolute Gasteiger partial charge is 0.383 e. The summed E-state index contributed by atoms with van der Waals surface area (Å²) in [5, 5.41) is 11.2. The van der Waals surface area contributed by atoms with Crippen LogP contribution in [-0.4, -0.2) is 35.6 Å². The molecule has 1 unspecified atom stereocenters. The highest BCUT2D eigenvalue weighted by Gasteiger charge is 2.25. The molecule has 116 valence electrons. The SMILES string of the molecule is CC(O)(CN=C(N)N1CCCCCC1)c1ccccc1Cl. The summed E-state index contributed by atoms with van der Waals surface area (Å²) < 4.78 is 0. The van der Waals surface area contributed by atoms with E-state index < -0.39 is 5.60 Å². The van der Waals surface area contributed by atoms with Gasteiger partial charge >= 0.3 is 0 Å². The number of benzene rings is 1. The van der Waals surface area contributed by atoms with E-state index >= 15 is 0 Å². The average molecular weight is 310 g/mol. The molecule has 1 atom stereocenters. The first-order chi connectivity index (χ1) is 10.0. The molecule has 0 saturated carbocycles. The second-order valence-electron chi connectivity index (χ2n) is 5.83. The summed E-state index contributed by atoms with van der Waals surface area (Å²) in [4.78, 5) is 6.50. The molecule has 0 aromatic heterocycles. The minimum Gasteiger partial charge on any atom is -0.383 e. The van der Waals surface area contributed by atoms with Crippen LogP contribution in [0.3, 0.4) is 0 Å². The number of aliphatic imine (C=N–C) groups is 1. The van der Waals surface area contributed by atoms with Gasteiger partial charge in [0.2, 0.25) is 0 Å². The van der Waals surface area contributed by atoms with Gasteiger partial charge in [0.1, 0.15) is 5.60 Å². The molecule has 0 spiro atoms. The van der Waals surface area contributed by atoms with Crippen molar-refractivity contribution in [1.82, 2.24) is 4.90 Å². The predicted octanol–water partition coefficient (Wildman–Crippen LogP) is 2.74. The Bertz CT molecular complexity index is 494. The van der Waals surface area contributed by atoms with Gasteiger partial charge in [-0.05, 0) is 25.8 Å². The Morgan fingerprint density at radius 1 is 1.29 bits per heavy atom. The zero-order valence-electron chi connectivity index (χ0n) is 12.6. The summed E-state index contributed by atoms with van der Waals surface area (Å²) in [6, 6.07) is 7.29. The first-order valence-corrected chi connectivity index (χ1v) is 7.91. The van der Waals surface area contributed by atoms with Crippen LogP contribution in [-0.2, 0) is 5.60 Å². The molecule has 1 aromatic rings. The molecule has 4 nitrogen and oxygen atoms in total. The molecule has 0 radical (unpaired) electrons. The Hall–Kier alpha value is -1.26. The molecule has 5 heteroatoms. The van der Waals surface area contributed by atoms with Gasteiger partial charge in [0.05, 0.1) is 6.54 Å². The molecule has 21 heavy (non-hydrogen) atoms. The maximum absolute atomic E-state index is 10.6. The summed E-state index contributed by atoms with van der Waals surface area (Å²) in [5.41, 5.74) is 5.64. The molecule has 1 fully saturated rings. The van der Waals surface area contributed by atoms with Gasteiger partial charge in [0.25, 0.3) is 0 Å². The highest BCUT2D eigenvalue weighted by Crippen LogP contribution is 2.28. The van der Waals surface area contributed by atoms with Gasteiger partial charge in [-0.15, -0.1) is 0 Å². The van der Waals surface area contributed by atoms with Crippen LogP contribution < -0.4 is 5.73 Å². The minimum atomic E-state index is -1.12. The number of rotatable bonds is 3. The molecule has 1 aliphatic rings. The molecule has 0 bridgehead atoms. The van der Waals surface area contributed by atoms with Crippen molar-refractivity contribution < 1.29 is 5.11 Å². The molecule has 2 rings (SSSR count). The maximum atomic E-state index is 10.6. The molecular weight excluding hydrogens is 286 g/mol. The zero-order valence-corrected chi connectivity index (χ0v) is 13.3. The number of guanidine groups is 1. The van der Waals surface area contributed by atoms with E-state index in [4.69, 9.17) is 17.3 Å². The van der Waals surface area contributed by atoms with E-state index in [0.29, 0.717) is 16.5 Å². The predicted molar refractivity (Wildman–Crippen MR) is 87.6 cm³/mol. The third kappa shape index (κ3) is 4.35. The van der Waals surface area contributed by atoms with E-state index in [0.717, 1.165) is 25.9 Å². The van der Waals surface area contributed by atoms with Crippen LogP contribution in [0.25, 0.3) is 0 Å². The molecular formula is C16H24ClN3O. The number of nitrogens with two attached hydrogens (primary N) is 1. The van der Waals surface area contributed by atoms with E-state index in [1.165, 1.54) is 12.8 Å². The van der Waals surface area contributed by atoms with Gasteiger partial charge in [-0.25, -0.2) is 4.99 Å². The lowest BCUT2D eigenvalue weighted by molar-refractivity contribution is 0.0671. The molecule has 1 aromatic carbocycles. The van der Waals surface area contributed by atoms with E-state index in [1.54, 1.807) is 13.0 Å².